The zero-order chi connectivity index (χ0) is 16.4. The maximum atomic E-state index is 11.7. The first-order chi connectivity index (χ1) is 11.0. The summed E-state index contributed by atoms with van der Waals surface area (Å²) < 4.78 is 27.9. The number of hydrogen-bond acceptors (Lipinski definition) is 6. The van der Waals surface area contributed by atoms with E-state index in [4.69, 9.17) is 0 Å². The number of hydrogen-bond donors (Lipinski definition) is 2. The Hall–Kier alpha value is -2.00. The maximum absolute atomic E-state index is 11.7. The van der Waals surface area contributed by atoms with Crippen molar-refractivity contribution in [1.29, 1.82) is 0 Å². The Balaban J connectivity index is 1.62. The number of anilines is 1. The number of aromatic nitrogens is 4. The Kier molecular flexibility index (Phi) is 4.31. The van der Waals surface area contributed by atoms with Crippen molar-refractivity contribution in [1.82, 2.24) is 24.2 Å². The molecule has 3 rings (SSSR count). The van der Waals surface area contributed by atoms with Crippen LogP contribution in [0.15, 0.2) is 18.5 Å². The highest BCUT2D eigenvalue weighted by atomic mass is 32.2. The molecule has 0 radical (unpaired) electrons. The zero-order valence-corrected chi connectivity index (χ0v) is 14.0. The van der Waals surface area contributed by atoms with E-state index in [0.29, 0.717) is 24.7 Å². The van der Waals surface area contributed by atoms with E-state index in [2.05, 4.69) is 25.0 Å². The molecule has 0 unspecified atom stereocenters. The van der Waals surface area contributed by atoms with E-state index in [9.17, 15) is 8.42 Å². The van der Waals surface area contributed by atoms with Crippen LogP contribution in [0.2, 0.25) is 0 Å². The molecule has 0 saturated heterocycles. The average Bonchev–Trinajstić information content (AvgIpc) is 3.26. The Bertz CT molecular complexity index is 797. The lowest BCUT2D eigenvalue weighted by atomic mass is 10.4. The molecule has 0 spiro atoms. The standard InChI is InChI=1S/C14H20N6O2S/c1-10-18-13(9-14(19-10)20-8-7-15-11(20)2)16-5-6-17-23(21,22)12-3-4-12/h7-9,12,17H,3-6H2,1-2H3,(H,16,18,19). The van der Waals surface area contributed by atoms with Gasteiger partial charge in [-0.2, -0.15) is 0 Å². The van der Waals surface area contributed by atoms with Gasteiger partial charge in [0.05, 0.1) is 5.25 Å². The molecule has 1 aliphatic carbocycles. The van der Waals surface area contributed by atoms with E-state index in [1.165, 1.54) is 0 Å². The van der Waals surface area contributed by atoms with E-state index in [1.54, 1.807) is 6.20 Å². The van der Waals surface area contributed by atoms with Crippen LogP contribution >= 0.6 is 0 Å². The smallest absolute Gasteiger partial charge is 0.214 e. The first kappa shape index (κ1) is 15.9. The van der Waals surface area contributed by atoms with Gasteiger partial charge in [-0.05, 0) is 26.7 Å². The fourth-order valence-electron chi connectivity index (χ4n) is 2.27. The topological polar surface area (TPSA) is 102 Å². The first-order valence-corrected chi connectivity index (χ1v) is 9.09. The summed E-state index contributed by atoms with van der Waals surface area (Å²) in [6.45, 7) is 4.51. The minimum absolute atomic E-state index is 0.195. The Morgan fingerprint density at radius 3 is 2.70 bits per heavy atom. The fourth-order valence-corrected chi connectivity index (χ4v) is 3.65. The van der Waals surface area contributed by atoms with Gasteiger partial charge in [-0.3, -0.25) is 4.57 Å². The van der Waals surface area contributed by atoms with Crippen LogP contribution in [0.4, 0.5) is 5.82 Å². The van der Waals surface area contributed by atoms with Crippen molar-refractivity contribution in [3.05, 3.63) is 30.1 Å². The van der Waals surface area contributed by atoms with Gasteiger partial charge in [-0.1, -0.05) is 0 Å². The molecule has 0 atom stereocenters. The molecule has 124 valence electrons. The number of imidazole rings is 1. The predicted octanol–water partition coefficient (Wildman–Crippen LogP) is 0.773. The number of rotatable bonds is 7. The largest absolute Gasteiger partial charge is 0.369 e. The third kappa shape index (κ3) is 3.85. The Labute approximate surface area is 135 Å². The number of nitrogens with zero attached hydrogens (tertiary/aromatic N) is 4. The summed E-state index contributed by atoms with van der Waals surface area (Å²) >= 11 is 0. The summed E-state index contributed by atoms with van der Waals surface area (Å²) in [5.41, 5.74) is 0. The third-order valence-electron chi connectivity index (χ3n) is 3.59. The highest BCUT2D eigenvalue weighted by molar-refractivity contribution is 7.90. The van der Waals surface area contributed by atoms with Crippen molar-refractivity contribution in [3.63, 3.8) is 0 Å². The first-order valence-electron chi connectivity index (χ1n) is 7.54. The minimum atomic E-state index is -3.13. The Morgan fingerprint density at radius 2 is 2.04 bits per heavy atom. The summed E-state index contributed by atoms with van der Waals surface area (Å²) in [4.78, 5) is 12.9. The lowest BCUT2D eigenvalue weighted by molar-refractivity contribution is 0.581. The van der Waals surface area contributed by atoms with Crippen LogP contribution in [0.1, 0.15) is 24.5 Å². The van der Waals surface area contributed by atoms with Crippen molar-refractivity contribution in [2.75, 3.05) is 18.4 Å². The molecule has 0 bridgehead atoms. The normalized spacial score (nSPS) is 14.9. The molecule has 1 fully saturated rings. The highest BCUT2D eigenvalue weighted by Gasteiger charge is 2.35. The second-order valence-electron chi connectivity index (χ2n) is 5.57. The number of aryl methyl sites for hydroxylation is 2. The molecule has 2 aromatic heterocycles. The van der Waals surface area contributed by atoms with E-state index < -0.39 is 10.0 Å². The van der Waals surface area contributed by atoms with Crippen LogP contribution < -0.4 is 10.0 Å². The fraction of sp³-hybridized carbons (Fsp3) is 0.500. The van der Waals surface area contributed by atoms with E-state index in [-0.39, 0.29) is 5.25 Å². The van der Waals surface area contributed by atoms with Crippen LogP contribution in [0.5, 0.6) is 0 Å². The van der Waals surface area contributed by atoms with Gasteiger partial charge in [0.2, 0.25) is 10.0 Å². The predicted molar refractivity (Wildman–Crippen MR) is 87.1 cm³/mol. The highest BCUT2D eigenvalue weighted by Crippen LogP contribution is 2.27. The van der Waals surface area contributed by atoms with Gasteiger partial charge in [0.15, 0.2) is 0 Å². The molecule has 1 saturated carbocycles. The zero-order valence-electron chi connectivity index (χ0n) is 13.2. The molecule has 2 N–H and O–H groups in total. The average molecular weight is 336 g/mol. The molecule has 8 nitrogen and oxygen atoms in total. The van der Waals surface area contributed by atoms with Crippen LogP contribution in [0.25, 0.3) is 5.82 Å². The summed E-state index contributed by atoms with van der Waals surface area (Å²) in [7, 11) is -3.13. The summed E-state index contributed by atoms with van der Waals surface area (Å²) in [6, 6.07) is 1.82. The SMILES string of the molecule is Cc1nc(NCCNS(=O)(=O)C2CC2)cc(-n2ccnc2C)n1. The molecular formula is C14H20N6O2S. The van der Waals surface area contributed by atoms with E-state index >= 15 is 0 Å². The van der Waals surface area contributed by atoms with Gasteiger partial charge < -0.3 is 5.32 Å². The van der Waals surface area contributed by atoms with Gasteiger partial charge in [0.25, 0.3) is 0 Å². The Morgan fingerprint density at radius 1 is 1.26 bits per heavy atom. The molecule has 0 aromatic carbocycles. The lowest BCUT2D eigenvalue weighted by Crippen LogP contribution is -2.31. The maximum Gasteiger partial charge on any atom is 0.214 e. The van der Waals surface area contributed by atoms with Crippen LogP contribution in [-0.2, 0) is 10.0 Å². The molecule has 0 aliphatic heterocycles. The summed E-state index contributed by atoms with van der Waals surface area (Å²) in [6.07, 6.45) is 5.08. The van der Waals surface area contributed by atoms with Crippen LogP contribution in [0.3, 0.4) is 0 Å². The second kappa shape index (κ2) is 6.25. The minimum Gasteiger partial charge on any atom is -0.369 e. The van der Waals surface area contributed by atoms with Crippen LogP contribution in [-0.4, -0.2) is 46.3 Å². The van der Waals surface area contributed by atoms with Gasteiger partial charge in [-0.25, -0.2) is 28.1 Å². The lowest BCUT2D eigenvalue weighted by Gasteiger charge is -2.10. The quantitative estimate of drug-likeness (QED) is 0.724. The van der Waals surface area contributed by atoms with Crippen molar-refractivity contribution >= 4 is 15.8 Å². The molecule has 0 amide bonds. The van der Waals surface area contributed by atoms with E-state index in [1.807, 2.05) is 30.7 Å². The third-order valence-corrected chi connectivity index (χ3v) is 5.55. The van der Waals surface area contributed by atoms with Crippen molar-refractivity contribution in [2.24, 2.45) is 0 Å². The number of sulfonamides is 1. The molecule has 23 heavy (non-hydrogen) atoms. The summed E-state index contributed by atoms with van der Waals surface area (Å²) in [5, 5.41) is 2.93. The molecule has 9 heteroatoms. The monoisotopic (exact) mass is 336 g/mol. The number of nitrogens with one attached hydrogen (secondary N) is 2. The molecule has 2 heterocycles. The van der Waals surface area contributed by atoms with Gasteiger partial charge in [0.1, 0.15) is 23.3 Å². The van der Waals surface area contributed by atoms with E-state index in [0.717, 1.165) is 24.5 Å². The molecular weight excluding hydrogens is 316 g/mol. The summed E-state index contributed by atoms with van der Waals surface area (Å²) in [5.74, 6) is 2.86. The van der Waals surface area contributed by atoms with Gasteiger partial charge in [-0.15, -0.1) is 0 Å². The van der Waals surface area contributed by atoms with Crippen molar-refractivity contribution < 1.29 is 8.42 Å². The van der Waals surface area contributed by atoms with Crippen LogP contribution in [0, 0.1) is 13.8 Å². The van der Waals surface area contributed by atoms with Crippen molar-refractivity contribution in [3.8, 4) is 5.82 Å². The van der Waals surface area contributed by atoms with Gasteiger partial charge in [0, 0.05) is 31.5 Å². The van der Waals surface area contributed by atoms with Gasteiger partial charge >= 0.3 is 0 Å². The second-order valence-corrected chi connectivity index (χ2v) is 7.61. The molecule has 2 aromatic rings. The van der Waals surface area contributed by atoms with Crippen molar-refractivity contribution in [2.45, 2.75) is 31.9 Å². The molecule has 1 aliphatic rings.